The first kappa shape index (κ1) is 12.0. The van der Waals surface area contributed by atoms with Crippen molar-refractivity contribution in [3.8, 4) is 0 Å². The van der Waals surface area contributed by atoms with Gasteiger partial charge in [0.15, 0.2) is 6.29 Å². The molecule has 1 aliphatic heterocycles. The van der Waals surface area contributed by atoms with Gasteiger partial charge in [-0.05, 0) is 20.3 Å². The second kappa shape index (κ2) is 5.11. The molecule has 0 radical (unpaired) electrons. The van der Waals surface area contributed by atoms with Crippen molar-refractivity contribution in [3.63, 3.8) is 0 Å². The Balaban J connectivity index is 2.33. The molecule has 0 aliphatic carbocycles. The fraction of sp³-hybridized carbons (Fsp3) is 0.800. The summed E-state index contributed by atoms with van der Waals surface area (Å²) >= 11 is 0. The molecule has 0 aromatic rings. The fourth-order valence-corrected chi connectivity index (χ4v) is 3.20. The van der Waals surface area contributed by atoms with Crippen molar-refractivity contribution in [1.29, 1.82) is 0 Å². The van der Waals surface area contributed by atoms with Gasteiger partial charge in [-0.2, -0.15) is 0 Å². The molecule has 2 atom stereocenters. The molecule has 0 N–H and O–H groups in total. The lowest BCUT2D eigenvalue weighted by Crippen LogP contribution is -2.18. The van der Waals surface area contributed by atoms with E-state index < -0.39 is 7.37 Å². The Morgan fingerprint density at radius 2 is 1.93 bits per heavy atom. The predicted molar refractivity (Wildman–Crippen MR) is 57.9 cm³/mol. The van der Waals surface area contributed by atoms with E-state index in [4.69, 9.17) is 9.26 Å². The van der Waals surface area contributed by atoms with Crippen LogP contribution in [-0.2, 0) is 13.8 Å². The molecule has 0 spiro atoms. The minimum absolute atomic E-state index is 0.159. The quantitative estimate of drug-likeness (QED) is 0.404. The summed E-state index contributed by atoms with van der Waals surface area (Å²) in [6, 6.07) is 0. The van der Waals surface area contributed by atoms with Gasteiger partial charge in [-0.1, -0.05) is 19.1 Å². The Kier molecular flexibility index (Phi) is 4.36. The van der Waals surface area contributed by atoms with Crippen LogP contribution in [0.5, 0.6) is 0 Å². The summed E-state index contributed by atoms with van der Waals surface area (Å²) in [4.78, 5) is 0. The lowest BCUT2D eigenvalue weighted by atomic mass is 10.3. The lowest BCUT2D eigenvalue weighted by Gasteiger charge is -2.21. The monoisotopic (exact) mass is 218 g/mol. The van der Waals surface area contributed by atoms with Gasteiger partial charge in [0.2, 0.25) is 7.37 Å². The molecule has 1 rings (SSSR count). The third-order valence-electron chi connectivity index (χ3n) is 2.27. The predicted octanol–water partition coefficient (Wildman–Crippen LogP) is 3.01. The highest BCUT2D eigenvalue weighted by Gasteiger charge is 2.27. The smallest absolute Gasteiger partial charge is 0.212 e. The van der Waals surface area contributed by atoms with E-state index in [0.29, 0.717) is 12.3 Å². The third kappa shape index (κ3) is 3.56. The van der Waals surface area contributed by atoms with Gasteiger partial charge in [-0.25, -0.2) is 0 Å². The molecule has 3 nitrogen and oxygen atoms in total. The molecule has 0 saturated carbocycles. The maximum absolute atomic E-state index is 11.9. The number of hydrogen-bond donors (Lipinski definition) is 0. The van der Waals surface area contributed by atoms with E-state index in [0.717, 1.165) is 6.42 Å². The largest absolute Gasteiger partial charge is 0.350 e. The van der Waals surface area contributed by atoms with Crippen LogP contribution < -0.4 is 0 Å². The number of allylic oxidation sites excluding steroid dienone is 2. The second-order valence-electron chi connectivity index (χ2n) is 3.68. The second-order valence-corrected chi connectivity index (χ2v) is 6.25. The molecule has 82 valence electrons. The standard InChI is InChI=1S/C10H19O3P/c1-4-9(2)12-10(3)13-14(11)7-5-6-8-14/h5-6,9-10H,4,7-8H2,1-3H3. The van der Waals surface area contributed by atoms with Crippen molar-refractivity contribution in [2.75, 3.05) is 12.3 Å². The topological polar surface area (TPSA) is 35.5 Å². The fourth-order valence-electron chi connectivity index (χ4n) is 1.35. The summed E-state index contributed by atoms with van der Waals surface area (Å²) in [7, 11) is -2.43. The van der Waals surface area contributed by atoms with Crippen molar-refractivity contribution in [1.82, 2.24) is 0 Å². The minimum atomic E-state index is -2.43. The Bertz CT molecular complexity index is 238. The van der Waals surface area contributed by atoms with Crippen molar-refractivity contribution < 1.29 is 13.8 Å². The Labute approximate surface area is 85.9 Å². The van der Waals surface area contributed by atoms with E-state index in [9.17, 15) is 4.57 Å². The summed E-state index contributed by atoms with van der Waals surface area (Å²) in [5, 5.41) is 0. The molecule has 0 aromatic heterocycles. The molecule has 2 unspecified atom stereocenters. The van der Waals surface area contributed by atoms with E-state index in [1.165, 1.54) is 0 Å². The average Bonchev–Trinajstić information content (AvgIpc) is 2.51. The zero-order valence-electron chi connectivity index (χ0n) is 9.10. The van der Waals surface area contributed by atoms with Crippen LogP contribution in [0, 0.1) is 0 Å². The molecule has 0 aromatic carbocycles. The number of hydrogen-bond acceptors (Lipinski definition) is 3. The van der Waals surface area contributed by atoms with Crippen LogP contribution in [0.25, 0.3) is 0 Å². The molecule has 0 saturated heterocycles. The van der Waals surface area contributed by atoms with E-state index in [1.54, 1.807) is 0 Å². The van der Waals surface area contributed by atoms with Crippen LogP contribution in [0.1, 0.15) is 27.2 Å². The molecular weight excluding hydrogens is 199 g/mol. The van der Waals surface area contributed by atoms with Gasteiger partial charge in [-0.3, -0.25) is 9.09 Å². The van der Waals surface area contributed by atoms with Gasteiger partial charge in [0, 0.05) is 12.3 Å². The highest BCUT2D eigenvalue weighted by molar-refractivity contribution is 7.59. The van der Waals surface area contributed by atoms with E-state index in [1.807, 2.05) is 26.0 Å². The maximum Gasteiger partial charge on any atom is 0.212 e. The number of ether oxygens (including phenoxy) is 1. The summed E-state index contributed by atoms with van der Waals surface area (Å²) in [5.74, 6) is 0. The van der Waals surface area contributed by atoms with Crippen LogP contribution >= 0.6 is 7.37 Å². The highest BCUT2D eigenvalue weighted by Crippen LogP contribution is 2.51. The van der Waals surface area contributed by atoms with Gasteiger partial charge in [0.1, 0.15) is 0 Å². The van der Waals surface area contributed by atoms with Crippen LogP contribution in [0.15, 0.2) is 12.2 Å². The molecule has 1 heterocycles. The molecule has 0 bridgehead atoms. The normalized spacial score (nSPS) is 23.6. The first-order valence-corrected chi connectivity index (χ1v) is 7.12. The minimum Gasteiger partial charge on any atom is -0.350 e. The Hall–Kier alpha value is -0.110. The van der Waals surface area contributed by atoms with E-state index in [2.05, 4.69) is 6.92 Å². The molecule has 0 amide bonds. The van der Waals surface area contributed by atoms with Gasteiger partial charge in [-0.15, -0.1) is 0 Å². The highest BCUT2D eigenvalue weighted by atomic mass is 31.2. The van der Waals surface area contributed by atoms with Crippen molar-refractivity contribution in [3.05, 3.63) is 12.2 Å². The molecule has 14 heavy (non-hydrogen) atoms. The van der Waals surface area contributed by atoms with Gasteiger partial charge >= 0.3 is 0 Å². The molecule has 1 aliphatic rings. The molecular formula is C10H19O3P. The van der Waals surface area contributed by atoms with Gasteiger partial charge < -0.3 is 4.74 Å². The maximum atomic E-state index is 11.9. The van der Waals surface area contributed by atoms with E-state index in [-0.39, 0.29) is 12.4 Å². The zero-order valence-corrected chi connectivity index (χ0v) is 10.00. The lowest BCUT2D eigenvalue weighted by molar-refractivity contribution is -0.100. The average molecular weight is 218 g/mol. The summed E-state index contributed by atoms with van der Waals surface area (Å²) in [6.45, 7) is 5.85. The Morgan fingerprint density at radius 3 is 2.43 bits per heavy atom. The molecule has 0 fully saturated rings. The van der Waals surface area contributed by atoms with Crippen LogP contribution in [0.2, 0.25) is 0 Å². The van der Waals surface area contributed by atoms with Crippen molar-refractivity contribution in [2.45, 2.75) is 39.6 Å². The van der Waals surface area contributed by atoms with Crippen LogP contribution in [0.4, 0.5) is 0 Å². The van der Waals surface area contributed by atoms with E-state index >= 15 is 0 Å². The van der Waals surface area contributed by atoms with Crippen LogP contribution in [-0.4, -0.2) is 24.7 Å². The first-order valence-electron chi connectivity index (χ1n) is 5.12. The van der Waals surface area contributed by atoms with Gasteiger partial charge in [0.05, 0.1) is 6.10 Å². The SMILES string of the molecule is CCC(C)OC(C)OP1(=O)CC=CC1. The van der Waals surface area contributed by atoms with Crippen molar-refractivity contribution in [2.24, 2.45) is 0 Å². The van der Waals surface area contributed by atoms with Gasteiger partial charge in [0.25, 0.3) is 0 Å². The van der Waals surface area contributed by atoms with Crippen molar-refractivity contribution >= 4 is 7.37 Å². The zero-order chi connectivity index (χ0) is 10.6. The van der Waals surface area contributed by atoms with Crippen LogP contribution in [0.3, 0.4) is 0 Å². The number of rotatable bonds is 5. The third-order valence-corrected chi connectivity index (χ3v) is 4.49. The summed E-state index contributed by atoms with van der Waals surface area (Å²) < 4.78 is 22.9. The summed E-state index contributed by atoms with van der Waals surface area (Å²) in [6.07, 6.45) is 5.68. The Morgan fingerprint density at radius 1 is 1.36 bits per heavy atom. The first-order chi connectivity index (χ1) is 6.56. The molecule has 4 heteroatoms. The summed E-state index contributed by atoms with van der Waals surface area (Å²) in [5.41, 5.74) is 0.